The highest BCUT2D eigenvalue weighted by atomic mass is 16.4. The van der Waals surface area contributed by atoms with E-state index in [1.165, 1.54) is 16.0 Å². The van der Waals surface area contributed by atoms with E-state index in [9.17, 15) is 19.5 Å². The molecule has 3 rings (SSSR count). The van der Waals surface area contributed by atoms with Crippen molar-refractivity contribution in [1.29, 1.82) is 0 Å². The SMILES string of the molecule is O=C(CCC(=O)N1CC[C@H](O)[C@@H](C(=O)O)C1)Nc1ccc2c(c1)CCC2. The molecule has 7 nitrogen and oxygen atoms in total. The van der Waals surface area contributed by atoms with E-state index in [4.69, 9.17) is 5.11 Å². The van der Waals surface area contributed by atoms with Gasteiger partial charge in [-0.15, -0.1) is 0 Å². The van der Waals surface area contributed by atoms with Gasteiger partial charge in [0.05, 0.1) is 6.10 Å². The Morgan fingerprint density at radius 1 is 1.15 bits per heavy atom. The molecule has 1 saturated heterocycles. The number of piperidine rings is 1. The van der Waals surface area contributed by atoms with Gasteiger partial charge in [0.25, 0.3) is 0 Å². The lowest BCUT2D eigenvalue weighted by Crippen LogP contribution is -2.48. The number of amides is 2. The fourth-order valence-electron chi connectivity index (χ4n) is 3.66. The zero-order valence-corrected chi connectivity index (χ0v) is 14.6. The molecule has 140 valence electrons. The third kappa shape index (κ3) is 4.22. The number of anilines is 1. The number of carbonyl (C=O) groups excluding carboxylic acids is 2. The van der Waals surface area contributed by atoms with Gasteiger partial charge in [0.2, 0.25) is 11.8 Å². The van der Waals surface area contributed by atoms with Crippen LogP contribution in [0.5, 0.6) is 0 Å². The maximum Gasteiger partial charge on any atom is 0.310 e. The summed E-state index contributed by atoms with van der Waals surface area (Å²) in [5.41, 5.74) is 3.35. The predicted octanol–water partition coefficient (Wildman–Crippen LogP) is 1.19. The fraction of sp³-hybridized carbons (Fsp3) is 0.526. The first kappa shape index (κ1) is 18.4. The van der Waals surface area contributed by atoms with Crippen LogP contribution in [-0.4, -0.2) is 52.1 Å². The third-order valence-electron chi connectivity index (χ3n) is 5.19. The molecule has 1 heterocycles. The summed E-state index contributed by atoms with van der Waals surface area (Å²) in [6.07, 6.45) is 2.64. The average Bonchev–Trinajstić information content (AvgIpc) is 3.07. The highest BCUT2D eigenvalue weighted by Gasteiger charge is 2.34. The molecule has 2 atom stereocenters. The van der Waals surface area contributed by atoms with E-state index in [1.54, 1.807) is 0 Å². The van der Waals surface area contributed by atoms with Gasteiger partial charge in [-0.2, -0.15) is 0 Å². The van der Waals surface area contributed by atoms with Gasteiger partial charge in [-0.05, 0) is 48.9 Å². The zero-order valence-electron chi connectivity index (χ0n) is 14.6. The zero-order chi connectivity index (χ0) is 18.7. The second kappa shape index (κ2) is 7.86. The Morgan fingerprint density at radius 3 is 2.69 bits per heavy atom. The van der Waals surface area contributed by atoms with Crippen LogP contribution in [0.1, 0.15) is 36.8 Å². The number of nitrogens with one attached hydrogen (secondary N) is 1. The van der Waals surface area contributed by atoms with Crippen LogP contribution in [-0.2, 0) is 27.2 Å². The van der Waals surface area contributed by atoms with Gasteiger partial charge in [0.1, 0.15) is 5.92 Å². The lowest BCUT2D eigenvalue weighted by Gasteiger charge is -2.34. The number of nitrogens with zero attached hydrogens (tertiary/aromatic N) is 1. The molecule has 0 bridgehead atoms. The number of carboxylic acid groups (broad SMARTS) is 1. The van der Waals surface area contributed by atoms with E-state index >= 15 is 0 Å². The number of aliphatic hydroxyl groups is 1. The van der Waals surface area contributed by atoms with Gasteiger partial charge in [0.15, 0.2) is 0 Å². The van der Waals surface area contributed by atoms with Crippen LogP contribution in [0.3, 0.4) is 0 Å². The predicted molar refractivity (Wildman–Crippen MR) is 94.7 cm³/mol. The Kier molecular flexibility index (Phi) is 5.56. The molecule has 1 aliphatic heterocycles. The molecule has 0 saturated carbocycles. The number of likely N-dealkylation sites (tertiary alicyclic amines) is 1. The van der Waals surface area contributed by atoms with Gasteiger partial charge in [-0.3, -0.25) is 14.4 Å². The van der Waals surface area contributed by atoms with Crippen molar-refractivity contribution in [2.45, 2.75) is 44.6 Å². The summed E-state index contributed by atoms with van der Waals surface area (Å²) in [6, 6.07) is 5.91. The number of aliphatic hydroxyl groups excluding tert-OH is 1. The highest BCUT2D eigenvalue weighted by molar-refractivity contribution is 5.93. The van der Waals surface area contributed by atoms with E-state index in [2.05, 4.69) is 5.32 Å². The number of aliphatic carboxylic acids is 1. The average molecular weight is 360 g/mol. The number of carbonyl (C=O) groups is 3. The van der Waals surface area contributed by atoms with Crippen LogP contribution in [0.15, 0.2) is 18.2 Å². The van der Waals surface area contributed by atoms with Crippen molar-refractivity contribution in [1.82, 2.24) is 4.90 Å². The molecular formula is C19H24N2O5. The van der Waals surface area contributed by atoms with Crippen LogP contribution in [0.2, 0.25) is 0 Å². The molecule has 1 aliphatic carbocycles. The van der Waals surface area contributed by atoms with E-state index in [1.807, 2.05) is 18.2 Å². The molecule has 1 aromatic rings. The van der Waals surface area contributed by atoms with Crippen molar-refractivity contribution in [3.05, 3.63) is 29.3 Å². The number of hydrogen-bond donors (Lipinski definition) is 3. The fourth-order valence-corrected chi connectivity index (χ4v) is 3.66. The molecule has 0 spiro atoms. The molecule has 7 heteroatoms. The molecule has 0 aromatic heterocycles. The summed E-state index contributed by atoms with van der Waals surface area (Å²) in [4.78, 5) is 36.9. The Balaban J connectivity index is 1.48. The summed E-state index contributed by atoms with van der Waals surface area (Å²) < 4.78 is 0. The smallest absolute Gasteiger partial charge is 0.310 e. The topological polar surface area (TPSA) is 107 Å². The van der Waals surface area contributed by atoms with Crippen LogP contribution in [0.4, 0.5) is 5.69 Å². The summed E-state index contributed by atoms with van der Waals surface area (Å²) in [5, 5.41) is 21.6. The van der Waals surface area contributed by atoms with Crippen LogP contribution in [0, 0.1) is 5.92 Å². The quantitative estimate of drug-likeness (QED) is 0.731. The molecule has 1 aromatic carbocycles. The Morgan fingerprint density at radius 2 is 1.92 bits per heavy atom. The Bertz CT molecular complexity index is 718. The van der Waals surface area contributed by atoms with Crippen molar-refractivity contribution in [3.8, 4) is 0 Å². The van der Waals surface area contributed by atoms with E-state index in [-0.39, 0.29) is 37.6 Å². The summed E-state index contributed by atoms with van der Waals surface area (Å²) in [6.45, 7) is 0.304. The van der Waals surface area contributed by atoms with Crippen molar-refractivity contribution in [3.63, 3.8) is 0 Å². The largest absolute Gasteiger partial charge is 0.481 e. The molecule has 2 aliphatic rings. The molecule has 2 amide bonds. The second-order valence-corrected chi connectivity index (χ2v) is 7.03. The van der Waals surface area contributed by atoms with Crippen molar-refractivity contribution in [2.24, 2.45) is 5.92 Å². The lowest BCUT2D eigenvalue weighted by molar-refractivity contribution is -0.151. The second-order valence-electron chi connectivity index (χ2n) is 7.03. The monoisotopic (exact) mass is 360 g/mol. The van der Waals surface area contributed by atoms with Crippen LogP contribution < -0.4 is 5.32 Å². The number of aryl methyl sites for hydroxylation is 2. The van der Waals surface area contributed by atoms with E-state index in [0.717, 1.165) is 24.9 Å². The minimum atomic E-state index is -1.11. The van der Waals surface area contributed by atoms with Crippen molar-refractivity contribution < 1.29 is 24.6 Å². The highest BCUT2D eigenvalue weighted by Crippen LogP contribution is 2.25. The molecule has 3 N–H and O–H groups in total. The number of carboxylic acids is 1. The van der Waals surface area contributed by atoms with Crippen molar-refractivity contribution in [2.75, 3.05) is 18.4 Å². The van der Waals surface area contributed by atoms with Crippen LogP contribution in [0.25, 0.3) is 0 Å². The molecule has 26 heavy (non-hydrogen) atoms. The lowest BCUT2D eigenvalue weighted by atomic mass is 9.94. The molecule has 1 fully saturated rings. The first-order valence-corrected chi connectivity index (χ1v) is 9.04. The van der Waals surface area contributed by atoms with E-state index in [0.29, 0.717) is 6.54 Å². The number of fused-ring (bicyclic) bond motifs is 1. The summed E-state index contributed by atoms with van der Waals surface area (Å²) >= 11 is 0. The number of rotatable bonds is 5. The van der Waals surface area contributed by atoms with Gasteiger partial charge in [0, 0.05) is 31.6 Å². The molecule has 0 unspecified atom stereocenters. The third-order valence-corrected chi connectivity index (χ3v) is 5.19. The van der Waals surface area contributed by atoms with Gasteiger partial charge in [-0.25, -0.2) is 0 Å². The van der Waals surface area contributed by atoms with Gasteiger partial charge in [-0.1, -0.05) is 6.07 Å². The minimum absolute atomic E-state index is 0.0121. The standard InChI is InChI=1S/C19H24N2O5/c22-16-8-9-21(11-15(16)19(25)26)18(24)7-6-17(23)20-14-5-4-12-2-1-3-13(12)10-14/h4-5,10,15-16,22H,1-3,6-9,11H2,(H,20,23)(H,25,26)/t15-,16-/m0/s1. The first-order chi connectivity index (χ1) is 12.4. The van der Waals surface area contributed by atoms with Gasteiger partial charge < -0.3 is 20.4 Å². The molecular weight excluding hydrogens is 336 g/mol. The van der Waals surface area contributed by atoms with E-state index < -0.39 is 18.0 Å². The summed E-state index contributed by atoms with van der Waals surface area (Å²) in [7, 11) is 0. The minimum Gasteiger partial charge on any atom is -0.481 e. The Hall–Kier alpha value is -2.41. The van der Waals surface area contributed by atoms with Gasteiger partial charge >= 0.3 is 5.97 Å². The van der Waals surface area contributed by atoms with Crippen molar-refractivity contribution >= 4 is 23.5 Å². The molecule has 0 radical (unpaired) electrons. The first-order valence-electron chi connectivity index (χ1n) is 9.04. The number of benzene rings is 1. The number of hydrogen-bond acceptors (Lipinski definition) is 4. The maximum atomic E-state index is 12.3. The normalized spacial score (nSPS) is 22.0. The van der Waals surface area contributed by atoms with Crippen LogP contribution >= 0.6 is 0 Å². The Labute approximate surface area is 152 Å². The maximum absolute atomic E-state index is 12.3. The summed E-state index contributed by atoms with van der Waals surface area (Å²) in [5.74, 6) is -2.56.